The molecule has 80 heavy (non-hydrogen) atoms. The van der Waals surface area contributed by atoms with E-state index in [1.165, 1.54) is 276 Å². The molecule has 0 aliphatic rings. The van der Waals surface area contributed by atoms with Gasteiger partial charge in [-0.2, -0.15) is 0 Å². The van der Waals surface area contributed by atoms with Crippen LogP contribution in [0.25, 0.3) is 0 Å². The van der Waals surface area contributed by atoms with Crippen LogP contribution in [0.4, 0.5) is 0 Å². The van der Waals surface area contributed by atoms with Gasteiger partial charge < -0.3 is 14.2 Å². The molecule has 0 bridgehead atoms. The molecule has 1 atom stereocenters. The van der Waals surface area contributed by atoms with Gasteiger partial charge in [-0.25, -0.2) is 0 Å². The van der Waals surface area contributed by atoms with E-state index >= 15 is 0 Å². The van der Waals surface area contributed by atoms with E-state index in [0.29, 0.717) is 19.3 Å². The van der Waals surface area contributed by atoms with E-state index in [2.05, 4.69) is 57.2 Å². The zero-order chi connectivity index (χ0) is 57.8. The van der Waals surface area contributed by atoms with Crippen LogP contribution in [-0.2, 0) is 28.6 Å². The Hall–Kier alpha value is -2.37. The molecule has 0 amide bonds. The normalized spacial score (nSPS) is 12.2. The molecule has 0 saturated heterocycles. The monoisotopic (exact) mass is 1120 g/mol. The lowest BCUT2D eigenvalue weighted by molar-refractivity contribution is -0.167. The van der Waals surface area contributed by atoms with Gasteiger partial charge >= 0.3 is 17.9 Å². The quantitative estimate of drug-likeness (QED) is 0.0261. The molecule has 0 aromatic rings. The van der Waals surface area contributed by atoms with Crippen molar-refractivity contribution in [2.75, 3.05) is 13.2 Å². The first-order chi connectivity index (χ1) is 39.5. The predicted octanol–water partition coefficient (Wildman–Crippen LogP) is 24.7. The Balaban J connectivity index is 4.12. The number of ether oxygens (including phenoxy) is 3. The van der Waals surface area contributed by atoms with Gasteiger partial charge in [0.15, 0.2) is 6.10 Å². The van der Waals surface area contributed by atoms with Crippen LogP contribution in [0.15, 0.2) is 36.5 Å². The molecule has 0 saturated carbocycles. The van der Waals surface area contributed by atoms with Crippen molar-refractivity contribution >= 4 is 17.9 Å². The van der Waals surface area contributed by atoms with Crippen molar-refractivity contribution in [1.29, 1.82) is 0 Å². The molecule has 470 valence electrons. The van der Waals surface area contributed by atoms with Crippen molar-refractivity contribution in [3.05, 3.63) is 36.5 Å². The zero-order valence-electron chi connectivity index (χ0n) is 54.1. The third kappa shape index (κ3) is 66.4. The van der Waals surface area contributed by atoms with Crippen LogP contribution >= 0.6 is 0 Å². The minimum absolute atomic E-state index is 0.0758. The van der Waals surface area contributed by atoms with Crippen LogP contribution in [-0.4, -0.2) is 37.2 Å². The van der Waals surface area contributed by atoms with Gasteiger partial charge in [0.05, 0.1) is 0 Å². The average Bonchev–Trinajstić information content (AvgIpc) is 3.46. The molecule has 0 aromatic carbocycles. The molecule has 0 aromatic heterocycles. The molecule has 1 unspecified atom stereocenters. The lowest BCUT2D eigenvalue weighted by Crippen LogP contribution is -2.30. The first-order valence-corrected chi connectivity index (χ1v) is 36.0. The minimum Gasteiger partial charge on any atom is -0.462 e. The summed E-state index contributed by atoms with van der Waals surface area (Å²) in [5.74, 6) is -0.873. The maximum absolute atomic E-state index is 12.9. The molecule has 6 heteroatoms. The molecular formula is C74H138O6. The average molecular weight is 1120 g/mol. The Morgan fingerprint density at radius 1 is 0.250 bits per heavy atom. The van der Waals surface area contributed by atoms with Crippen LogP contribution in [0.5, 0.6) is 0 Å². The summed E-state index contributed by atoms with van der Waals surface area (Å²) in [7, 11) is 0. The summed E-state index contributed by atoms with van der Waals surface area (Å²) in [4.78, 5) is 38.4. The lowest BCUT2D eigenvalue weighted by atomic mass is 10.0. The molecule has 0 aliphatic heterocycles. The zero-order valence-corrected chi connectivity index (χ0v) is 54.1. The molecule has 0 radical (unpaired) electrons. The number of carbonyl (C=O) groups excluding carboxylic acids is 3. The van der Waals surface area contributed by atoms with E-state index in [9.17, 15) is 14.4 Å². The van der Waals surface area contributed by atoms with E-state index in [4.69, 9.17) is 14.2 Å². The highest BCUT2D eigenvalue weighted by molar-refractivity contribution is 5.71. The summed E-state index contributed by atoms with van der Waals surface area (Å²) in [6.45, 7) is 6.65. The summed E-state index contributed by atoms with van der Waals surface area (Å²) in [5.41, 5.74) is 0. The number of allylic oxidation sites excluding steroid dienone is 6. The number of esters is 3. The van der Waals surface area contributed by atoms with Crippen molar-refractivity contribution in [2.45, 2.75) is 406 Å². The molecule has 0 aliphatic carbocycles. The van der Waals surface area contributed by atoms with Gasteiger partial charge in [0.25, 0.3) is 0 Å². The number of hydrogen-bond acceptors (Lipinski definition) is 6. The minimum atomic E-state index is -0.781. The number of carbonyl (C=O) groups is 3. The van der Waals surface area contributed by atoms with Gasteiger partial charge in [0, 0.05) is 19.3 Å². The van der Waals surface area contributed by atoms with Crippen molar-refractivity contribution in [1.82, 2.24) is 0 Å². The van der Waals surface area contributed by atoms with E-state index in [-0.39, 0.29) is 31.1 Å². The Morgan fingerprint density at radius 2 is 0.463 bits per heavy atom. The number of unbranched alkanes of at least 4 members (excludes halogenated alkanes) is 50. The summed E-state index contributed by atoms with van der Waals surface area (Å²) < 4.78 is 17.0. The van der Waals surface area contributed by atoms with Gasteiger partial charge in [-0.15, -0.1) is 0 Å². The SMILES string of the molecule is CCCC/C=C\C/C=C\CCCCCCCC(=O)OCC(COC(=O)CCCCCCCCCCCCCCCCCCCCCCCCCCCCCCCCCC)OC(=O)CCCCCCC/C=C\CCCCCCCCC. The largest absolute Gasteiger partial charge is 0.462 e. The maximum atomic E-state index is 12.9. The summed E-state index contributed by atoms with van der Waals surface area (Å²) in [6, 6.07) is 0. The van der Waals surface area contributed by atoms with Gasteiger partial charge in [-0.3, -0.25) is 14.4 Å². The molecule has 0 N–H and O–H groups in total. The highest BCUT2D eigenvalue weighted by atomic mass is 16.6. The van der Waals surface area contributed by atoms with Crippen molar-refractivity contribution in [2.24, 2.45) is 0 Å². The van der Waals surface area contributed by atoms with E-state index in [0.717, 1.165) is 83.5 Å². The third-order valence-electron chi connectivity index (χ3n) is 16.4. The molecule has 0 rings (SSSR count). The van der Waals surface area contributed by atoms with Crippen LogP contribution in [0, 0.1) is 0 Å². The summed E-state index contributed by atoms with van der Waals surface area (Å²) in [5, 5.41) is 0. The Bertz CT molecular complexity index is 1340. The standard InChI is InChI=1S/C74H138O6/c1-4-7-10-13-16-19-22-25-28-30-31-32-33-34-35-36-37-38-39-40-41-42-43-44-45-47-49-52-55-58-61-64-67-73(76)79-70-71(69-78-72(75)66-63-60-57-54-51-48-27-24-21-18-15-12-9-6-3)80-74(77)68-65-62-59-56-53-50-46-29-26-23-20-17-14-11-8-5-2/h15,18,24,27,29,46,71H,4-14,16-17,19-23,25-26,28,30-45,47-70H2,1-3H3/b18-15-,27-24-,46-29-. The first-order valence-electron chi connectivity index (χ1n) is 36.0. The fraction of sp³-hybridized carbons (Fsp3) is 0.878. The van der Waals surface area contributed by atoms with Gasteiger partial charge in [-0.1, -0.05) is 346 Å². The smallest absolute Gasteiger partial charge is 0.306 e. The molecule has 6 nitrogen and oxygen atoms in total. The fourth-order valence-electron chi connectivity index (χ4n) is 10.9. The maximum Gasteiger partial charge on any atom is 0.306 e. The fourth-order valence-corrected chi connectivity index (χ4v) is 10.9. The highest BCUT2D eigenvalue weighted by Gasteiger charge is 2.19. The highest BCUT2D eigenvalue weighted by Crippen LogP contribution is 2.19. The number of rotatable bonds is 67. The molecule has 0 fully saturated rings. The molecule has 0 heterocycles. The number of hydrogen-bond donors (Lipinski definition) is 0. The Labute approximate surface area is 499 Å². The van der Waals surface area contributed by atoms with E-state index in [1.54, 1.807) is 0 Å². The van der Waals surface area contributed by atoms with Crippen LogP contribution in [0.2, 0.25) is 0 Å². The summed E-state index contributed by atoms with van der Waals surface area (Å²) >= 11 is 0. The van der Waals surface area contributed by atoms with Crippen LogP contribution in [0.1, 0.15) is 400 Å². The van der Waals surface area contributed by atoms with Crippen molar-refractivity contribution < 1.29 is 28.6 Å². The van der Waals surface area contributed by atoms with Gasteiger partial charge in [-0.05, 0) is 70.6 Å². The lowest BCUT2D eigenvalue weighted by Gasteiger charge is -2.18. The van der Waals surface area contributed by atoms with Crippen molar-refractivity contribution in [3.63, 3.8) is 0 Å². The van der Waals surface area contributed by atoms with Crippen molar-refractivity contribution in [3.8, 4) is 0 Å². The second-order valence-electron chi connectivity index (χ2n) is 24.5. The molecular weight excluding hydrogens is 985 g/mol. The molecule has 0 spiro atoms. The van der Waals surface area contributed by atoms with Crippen LogP contribution in [0.3, 0.4) is 0 Å². The van der Waals surface area contributed by atoms with Crippen LogP contribution < -0.4 is 0 Å². The van der Waals surface area contributed by atoms with E-state index in [1.807, 2.05) is 0 Å². The Morgan fingerprint density at radius 3 is 0.738 bits per heavy atom. The Kier molecular flexibility index (Phi) is 67.1. The topological polar surface area (TPSA) is 78.9 Å². The van der Waals surface area contributed by atoms with Gasteiger partial charge in [0.1, 0.15) is 13.2 Å². The third-order valence-corrected chi connectivity index (χ3v) is 16.4. The second-order valence-corrected chi connectivity index (χ2v) is 24.5. The first kappa shape index (κ1) is 77.6. The van der Waals surface area contributed by atoms with E-state index < -0.39 is 6.10 Å². The predicted molar refractivity (Wildman–Crippen MR) is 349 cm³/mol. The second kappa shape index (κ2) is 69.1. The van der Waals surface area contributed by atoms with Gasteiger partial charge in [0.2, 0.25) is 0 Å². The summed E-state index contributed by atoms with van der Waals surface area (Å²) in [6.07, 6.45) is 86.3.